The fourth-order valence-corrected chi connectivity index (χ4v) is 3.36. The number of carbonyl (C=O) groups is 1. The van der Waals surface area contributed by atoms with E-state index in [-0.39, 0.29) is 11.9 Å². The van der Waals surface area contributed by atoms with Crippen molar-refractivity contribution in [2.24, 2.45) is 0 Å². The SMILES string of the molecule is CCCC(Cc1ccccc1)NC(=O)c1cn(C2CCNCC2)nn1. The Bertz CT molecular complexity index is 663. The van der Waals surface area contributed by atoms with Crippen molar-refractivity contribution in [2.75, 3.05) is 13.1 Å². The summed E-state index contributed by atoms with van der Waals surface area (Å²) >= 11 is 0. The van der Waals surface area contributed by atoms with Gasteiger partial charge in [-0.3, -0.25) is 4.79 Å². The van der Waals surface area contributed by atoms with E-state index in [0.29, 0.717) is 11.7 Å². The first kappa shape index (κ1) is 17.6. The molecule has 0 aliphatic carbocycles. The number of piperidine rings is 1. The van der Waals surface area contributed by atoms with E-state index in [1.54, 1.807) is 6.20 Å². The highest BCUT2D eigenvalue weighted by atomic mass is 16.2. The van der Waals surface area contributed by atoms with Crippen LogP contribution in [0.25, 0.3) is 0 Å². The first-order chi connectivity index (χ1) is 12.3. The van der Waals surface area contributed by atoms with Crippen LogP contribution in [-0.4, -0.2) is 40.0 Å². The largest absolute Gasteiger partial charge is 0.348 e. The zero-order chi connectivity index (χ0) is 17.5. The Balaban J connectivity index is 1.61. The minimum atomic E-state index is -0.130. The second-order valence-electron chi connectivity index (χ2n) is 6.71. The maximum atomic E-state index is 12.6. The van der Waals surface area contributed by atoms with Crippen molar-refractivity contribution in [2.45, 2.75) is 51.1 Å². The third kappa shape index (κ3) is 4.89. The molecule has 2 N–H and O–H groups in total. The molecule has 0 radical (unpaired) electrons. The van der Waals surface area contributed by atoms with Gasteiger partial charge in [-0.05, 0) is 44.3 Å². The molecule has 2 aromatic rings. The lowest BCUT2D eigenvalue weighted by molar-refractivity contribution is 0.0929. The maximum Gasteiger partial charge on any atom is 0.273 e. The monoisotopic (exact) mass is 341 g/mol. The van der Waals surface area contributed by atoms with Gasteiger partial charge in [0.2, 0.25) is 0 Å². The molecule has 1 aromatic carbocycles. The molecule has 2 heterocycles. The average Bonchev–Trinajstić information content (AvgIpc) is 3.14. The van der Waals surface area contributed by atoms with Crippen LogP contribution in [0, 0.1) is 0 Å². The van der Waals surface area contributed by atoms with Crippen molar-refractivity contribution < 1.29 is 4.79 Å². The third-order valence-corrected chi connectivity index (χ3v) is 4.72. The van der Waals surface area contributed by atoms with E-state index in [4.69, 9.17) is 0 Å². The number of carbonyl (C=O) groups excluding carboxylic acids is 1. The molecule has 25 heavy (non-hydrogen) atoms. The van der Waals surface area contributed by atoms with Crippen LogP contribution >= 0.6 is 0 Å². The Kier molecular flexibility index (Phi) is 6.17. The Morgan fingerprint density at radius 3 is 2.80 bits per heavy atom. The van der Waals surface area contributed by atoms with Gasteiger partial charge in [0.25, 0.3) is 5.91 Å². The van der Waals surface area contributed by atoms with Gasteiger partial charge in [0.15, 0.2) is 5.69 Å². The summed E-state index contributed by atoms with van der Waals surface area (Å²) in [6.07, 6.45) is 6.65. The molecule has 134 valence electrons. The fourth-order valence-electron chi connectivity index (χ4n) is 3.36. The van der Waals surface area contributed by atoms with Gasteiger partial charge in [-0.2, -0.15) is 0 Å². The lowest BCUT2D eigenvalue weighted by Gasteiger charge is -2.22. The molecular formula is C19H27N5O. The smallest absolute Gasteiger partial charge is 0.273 e. The predicted molar refractivity (Wildman–Crippen MR) is 97.5 cm³/mol. The van der Waals surface area contributed by atoms with Crippen molar-refractivity contribution >= 4 is 5.91 Å². The molecule has 1 aliphatic rings. The second kappa shape index (κ2) is 8.76. The summed E-state index contributed by atoms with van der Waals surface area (Å²) < 4.78 is 1.85. The van der Waals surface area contributed by atoms with Gasteiger partial charge in [-0.15, -0.1) is 5.10 Å². The first-order valence-corrected chi connectivity index (χ1v) is 9.23. The van der Waals surface area contributed by atoms with Crippen LogP contribution in [0.5, 0.6) is 0 Å². The van der Waals surface area contributed by atoms with E-state index in [1.165, 1.54) is 5.56 Å². The number of nitrogens with one attached hydrogen (secondary N) is 2. The van der Waals surface area contributed by atoms with Crippen LogP contribution in [0.15, 0.2) is 36.5 Å². The summed E-state index contributed by atoms with van der Waals surface area (Å²) in [5.41, 5.74) is 1.65. The second-order valence-corrected chi connectivity index (χ2v) is 6.71. The first-order valence-electron chi connectivity index (χ1n) is 9.23. The van der Waals surface area contributed by atoms with Crippen LogP contribution < -0.4 is 10.6 Å². The summed E-state index contributed by atoms with van der Waals surface area (Å²) in [6.45, 7) is 4.11. The molecule has 1 saturated heterocycles. The molecule has 1 fully saturated rings. The van der Waals surface area contributed by atoms with Crippen molar-refractivity contribution in [3.8, 4) is 0 Å². The number of amides is 1. The molecule has 0 spiro atoms. The van der Waals surface area contributed by atoms with Crippen molar-refractivity contribution in [1.29, 1.82) is 0 Å². The zero-order valence-electron chi connectivity index (χ0n) is 14.8. The maximum absolute atomic E-state index is 12.6. The Morgan fingerprint density at radius 1 is 1.32 bits per heavy atom. The Morgan fingerprint density at radius 2 is 2.08 bits per heavy atom. The highest BCUT2D eigenvalue weighted by Gasteiger charge is 2.20. The fraction of sp³-hybridized carbons (Fsp3) is 0.526. The summed E-state index contributed by atoms with van der Waals surface area (Å²) in [7, 11) is 0. The van der Waals surface area contributed by atoms with Crippen LogP contribution in [0.1, 0.15) is 54.7 Å². The molecule has 1 unspecified atom stereocenters. The van der Waals surface area contributed by atoms with E-state index < -0.39 is 0 Å². The Labute approximate surface area is 149 Å². The normalized spacial score (nSPS) is 16.5. The van der Waals surface area contributed by atoms with Crippen LogP contribution in [0.3, 0.4) is 0 Å². The number of hydrogen-bond donors (Lipinski definition) is 2. The van der Waals surface area contributed by atoms with Gasteiger partial charge in [0, 0.05) is 6.04 Å². The molecule has 1 atom stereocenters. The molecule has 6 heteroatoms. The molecule has 1 amide bonds. The van der Waals surface area contributed by atoms with Gasteiger partial charge in [0.1, 0.15) is 0 Å². The molecule has 6 nitrogen and oxygen atoms in total. The van der Waals surface area contributed by atoms with Crippen molar-refractivity contribution in [1.82, 2.24) is 25.6 Å². The van der Waals surface area contributed by atoms with Gasteiger partial charge >= 0.3 is 0 Å². The van der Waals surface area contributed by atoms with E-state index in [1.807, 2.05) is 22.9 Å². The van der Waals surface area contributed by atoms with E-state index in [0.717, 1.165) is 45.2 Å². The quantitative estimate of drug-likeness (QED) is 0.811. The zero-order valence-corrected chi connectivity index (χ0v) is 14.8. The lowest BCUT2D eigenvalue weighted by atomic mass is 10.0. The van der Waals surface area contributed by atoms with Crippen LogP contribution in [-0.2, 0) is 6.42 Å². The minimum Gasteiger partial charge on any atom is -0.348 e. The van der Waals surface area contributed by atoms with Crippen LogP contribution in [0.2, 0.25) is 0 Å². The molecule has 0 bridgehead atoms. The number of nitrogens with zero attached hydrogens (tertiary/aromatic N) is 3. The van der Waals surface area contributed by atoms with Crippen molar-refractivity contribution in [3.63, 3.8) is 0 Å². The van der Waals surface area contributed by atoms with Gasteiger partial charge < -0.3 is 10.6 Å². The number of aromatic nitrogens is 3. The molecule has 3 rings (SSSR count). The number of benzene rings is 1. The molecule has 1 aromatic heterocycles. The number of hydrogen-bond acceptors (Lipinski definition) is 4. The topological polar surface area (TPSA) is 71.8 Å². The van der Waals surface area contributed by atoms with E-state index >= 15 is 0 Å². The summed E-state index contributed by atoms with van der Waals surface area (Å²) in [5, 5.41) is 14.7. The van der Waals surface area contributed by atoms with E-state index in [2.05, 4.69) is 40.0 Å². The van der Waals surface area contributed by atoms with E-state index in [9.17, 15) is 4.79 Å². The third-order valence-electron chi connectivity index (χ3n) is 4.72. The standard InChI is InChI=1S/C19H27N5O/c1-2-6-16(13-15-7-4-3-5-8-15)21-19(25)18-14-24(23-22-18)17-9-11-20-12-10-17/h3-5,7-8,14,16-17,20H,2,6,9-13H2,1H3,(H,21,25). The van der Waals surface area contributed by atoms with Gasteiger partial charge in [0.05, 0.1) is 12.2 Å². The molecular weight excluding hydrogens is 314 g/mol. The molecule has 0 saturated carbocycles. The van der Waals surface area contributed by atoms with Gasteiger partial charge in [-0.1, -0.05) is 48.9 Å². The number of rotatable bonds is 7. The van der Waals surface area contributed by atoms with Crippen molar-refractivity contribution in [3.05, 3.63) is 47.8 Å². The summed E-state index contributed by atoms with van der Waals surface area (Å²) in [4.78, 5) is 12.6. The lowest BCUT2D eigenvalue weighted by Crippen LogP contribution is -2.36. The Hall–Kier alpha value is -2.21. The highest BCUT2D eigenvalue weighted by Crippen LogP contribution is 2.17. The molecule has 1 aliphatic heterocycles. The minimum absolute atomic E-state index is 0.115. The summed E-state index contributed by atoms with van der Waals surface area (Å²) in [6, 6.07) is 10.7. The highest BCUT2D eigenvalue weighted by molar-refractivity contribution is 5.92. The summed E-state index contributed by atoms with van der Waals surface area (Å²) in [5.74, 6) is -0.130. The van der Waals surface area contributed by atoms with Crippen LogP contribution in [0.4, 0.5) is 0 Å². The average molecular weight is 341 g/mol. The predicted octanol–water partition coefficient (Wildman–Crippen LogP) is 2.34. The van der Waals surface area contributed by atoms with Gasteiger partial charge in [-0.25, -0.2) is 4.68 Å².